The molecule has 0 aliphatic rings. The number of carbonyl (C=O) groups excluding carboxylic acids is 2. The number of ether oxygens (including phenoxy) is 1. The van der Waals surface area contributed by atoms with E-state index < -0.39 is 18.1 Å². The van der Waals surface area contributed by atoms with Crippen LogP contribution in [0, 0.1) is 0 Å². The van der Waals surface area contributed by atoms with E-state index in [2.05, 4.69) is 12.2 Å². The Labute approximate surface area is 138 Å². The second kappa shape index (κ2) is 10.8. The number of nitrogens with one attached hydrogen (secondary N) is 1. The minimum Gasteiger partial charge on any atom is -0.459 e. The van der Waals surface area contributed by atoms with Crippen LogP contribution in [-0.2, 0) is 20.9 Å². The van der Waals surface area contributed by atoms with Crippen molar-refractivity contribution in [3.63, 3.8) is 0 Å². The van der Waals surface area contributed by atoms with Crippen molar-refractivity contribution in [3.05, 3.63) is 35.9 Å². The lowest BCUT2D eigenvalue weighted by molar-refractivity contribution is -0.152. The molecular formula is C18H27NO4. The summed E-state index contributed by atoms with van der Waals surface area (Å²) in [6, 6.07) is 8.25. The molecule has 0 radical (unpaired) electrons. The van der Waals surface area contributed by atoms with Crippen LogP contribution in [-0.4, -0.2) is 29.1 Å². The van der Waals surface area contributed by atoms with Crippen LogP contribution in [0.3, 0.4) is 0 Å². The average Bonchev–Trinajstić information content (AvgIpc) is 2.55. The van der Waals surface area contributed by atoms with E-state index in [1.165, 1.54) is 6.92 Å². The highest BCUT2D eigenvalue weighted by molar-refractivity contribution is 5.84. The van der Waals surface area contributed by atoms with Gasteiger partial charge in [-0.25, -0.2) is 4.79 Å². The molecule has 0 saturated heterocycles. The molecule has 23 heavy (non-hydrogen) atoms. The Morgan fingerprint density at radius 2 is 1.87 bits per heavy atom. The molecule has 1 rings (SSSR count). The van der Waals surface area contributed by atoms with E-state index in [0.29, 0.717) is 6.42 Å². The van der Waals surface area contributed by atoms with E-state index in [4.69, 9.17) is 4.74 Å². The Balaban J connectivity index is 2.43. The predicted molar refractivity (Wildman–Crippen MR) is 88.6 cm³/mol. The highest BCUT2D eigenvalue weighted by Crippen LogP contribution is 2.06. The zero-order chi connectivity index (χ0) is 17.1. The number of amides is 1. The first-order valence-corrected chi connectivity index (χ1v) is 8.22. The normalized spacial score (nSPS) is 13.2. The first-order valence-electron chi connectivity index (χ1n) is 8.22. The van der Waals surface area contributed by atoms with E-state index >= 15 is 0 Å². The fraction of sp³-hybridized carbons (Fsp3) is 0.556. The van der Waals surface area contributed by atoms with Crippen molar-refractivity contribution in [2.75, 3.05) is 0 Å². The van der Waals surface area contributed by atoms with Gasteiger partial charge in [0.15, 0.2) is 6.04 Å². The van der Waals surface area contributed by atoms with E-state index in [1.807, 2.05) is 30.3 Å². The molecule has 0 heterocycles. The van der Waals surface area contributed by atoms with Crippen molar-refractivity contribution >= 4 is 11.9 Å². The molecule has 2 N–H and O–H groups in total. The second-order valence-electron chi connectivity index (χ2n) is 5.69. The summed E-state index contributed by atoms with van der Waals surface area (Å²) in [7, 11) is 0. The summed E-state index contributed by atoms with van der Waals surface area (Å²) >= 11 is 0. The summed E-state index contributed by atoms with van der Waals surface area (Å²) in [5, 5.41) is 12.3. The fourth-order valence-corrected chi connectivity index (χ4v) is 2.15. The number of benzene rings is 1. The Bertz CT molecular complexity index is 473. The molecule has 0 fully saturated rings. The number of aliphatic hydroxyl groups excluding tert-OH is 1. The van der Waals surface area contributed by atoms with Crippen LogP contribution in [0.25, 0.3) is 0 Å². The van der Waals surface area contributed by atoms with Gasteiger partial charge in [0.2, 0.25) is 5.91 Å². The molecule has 128 valence electrons. The van der Waals surface area contributed by atoms with Gasteiger partial charge in [0, 0.05) is 6.42 Å². The molecule has 1 amide bonds. The highest BCUT2D eigenvalue weighted by Gasteiger charge is 2.26. The molecule has 0 bridgehead atoms. The highest BCUT2D eigenvalue weighted by atomic mass is 16.5. The van der Waals surface area contributed by atoms with Crippen molar-refractivity contribution in [2.24, 2.45) is 0 Å². The van der Waals surface area contributed by atoms with Gasteiger partial charge < -0.3 is 15.2 Å². The molecule has 0 saturated carbocycles. The minimum absolute atomic E-state index is 0.120. The van der Waals surface area contributed by atoms with Crippen molar-refractivity contribution < 1.29 is 19.4 Å². The predicted octanol–water partition coefficient (Wildman–Crippen LogP) is 2.57. The Morgan fingerprint density at radius 1 is 1.17 bits per heavy atom. The zero-order valence-electron chi connectivity index (χ0n) is 14.0. The van der Waals surface area contributed by atoms with Gasteiger partial charge in [-0.1, -0.05) is 56.5 Å². The molecule has 1 unspecified atom stereocenters. The van der Waals surface area contributed by atoms with Crippen molar-refractivity contribution in [2.45, 2.75) is 64.7 Å². The van der Waals surface area contributed by atoms with E-state index in [0.717, 1.165) is 31.2 Å². The van der Waals surface area contributed by atoms with Crippen LogP contribution in [0.4, 0.5) is 0 Å². The molecule has 0 aromatic heterocycles. The van der Waals surface area contributed by atoms with Gasteiger partial charge in [0.1, 0.15) is 6.61 Å². The molecule has 1 aromatic rings. The molecule has 0 aliphatic carbocycles. The molecule has 0 spiro atoms. The average molecular weight is 321 g/mol. The molecule has 0 aliphatic heterocycles. The molecule has 5 heteroatoms. The quantitative estimate of drug-likeness (QED) is 0.513. The van der Waals surface area contributed by atoms with Gasteiger partial charge in [-0.05, 0) is 18.9 Å². The maximum atomic E-state index is 12.1. The summed E-state index contributed by atoms with van der Waals surface area (Å²) in [5.41, 5.74) is 0.857. The molecule has 5 nitrogen and oxygen atoms in total. The number of carbonyl (C=O) groups is 2. The first-order chi connectivity index (χ1) is 11.0. The van der Waals surface area contributed by atoms with Gasteiger partial charge in [-0.15, -0.1) is 0 Å². The number of aliphatic hydroxyl groups is 1. The number of hydrogen-bond donors (Lipinski definition) is 2. The van der Waals surface area contributed by atoms with E-state index in [9.17, 15) is 14.7 Å². The number of hydrogen-bond acceptors (Lipinski definition) is 4. The Morgan fingerprint density at radius 3 is 2.48 bits per heavy atom. The number of rotatable bonds is 10. The van der Waals surface area contributed by atoms with Gasteiger partial charge in [0.25, 0.3) is 0 Å². The van der Waals surface area contributed by atoms with Crippen molar-refractivity contribution in [3.8, 4) is 0 Å². The van der Waals surface area contributed by atoms with Crippen LogP contribution < -0.4 is 5.32 Å². The molecule has 2 atom stereocenters. The Hall–Kier alpha value is -1.88. The van der Waals surface area contributed by atoms with Crippen LogP contribution in [0.2, 0.25) is 0 Å². The van der Waals surface area contributed by atoms with Gasteiger partial charge in [0.05, 0.1) is 6.10 Å². The van der Waals surface area contributed by atoms with Crippen LogP contribution in [0.1, 0.15) is 51.5 Å². The van der Waals surface area contributed by atoms with E-state index in [1.54, 1.807) is 0 Å². The first kappa shape index (κ1) is 19.2. The van der Waals surface area contributed by atoms with Gasteiger partial charge in [-0.3, -0.25) is 4.79 Å². The minimum atomic E-state index is -1.03. The summed E-state index contributed by atoms with van der Waals surface area (Å²) in [5.74, 6) is -0.852. The van der Waals surface area contributed by atoms with Crippen LogP contribution in [0.15, 0.2) is 30.3 Å². The van der Waals surface area contributed by atoms with Crippen LogP contribution >= 0.6 is 0 Å². The standard InChI is InChI=1S/C18H27NO4/c1-3-4-5-9-12-16(21)19-17(14(2)20)18(22)23-13-15-10-7-6-8-11-15/h6-8,10-11,14,17,20H,3-5,9,12-13H2,1-2H3,(H,19,21)/t14?,17-/m0/s1. The summed E-state index contributed by atoms with van der Waals surface area (Å²) in [6.45, 7) is 3.69. The van der Waals surface area contributed by atoms with Crippen LogP contribution in [0.5, 0.6) is 0 Å². The van der Waals surface area contributed by atoms with E-state index in [-0.39, 0.29) is 12.5 Å². The van der Waals surface area contributed by atoms with Crippen molar-refractivity contribution in [1.29, 1.82) is 0 Å². The maximum Gasteiger partial charge on any atom is 0.331 e. The molecular weight excluding hydrogens is 294 g/mol. The fourth-order valence-electron chi connectivity index (χ4n) is 2.15. The summed E-state index contributed by atoms with van der Waals surface area (Å²) in [6.07, 6.45) is 3.32. The van der Waals surface area contributed by atoms with Gasteiger partial charge in [-0.2, -0.15) is 0 Å². The lowest BCUT2D eigenvalue weighted by Gasteiger charge is -2.20. The largest absolute Gasteiger partial charge is 0.459 e. The molecule has 1 aromatic carbocycles. The lowest BCUT2D eigenvalue weighted by atomic mass is 10.1. The Kier molecular flexibility index (Phi) is 8.98. The number of unbranched alkanes of at least 4 members (excludes halogenated alkanes) is 3. The zero-order valence-corrected chi connectivity index (χ0v) is 14.0. The topological polar surface area (TPSA) is 75.6 Å². The monoisotopic (exact) mass is 321 g/mol. The maximum absolute atomic E-state index is 12.1. The number of esters is 1. The third kappa shape index (κ3) is 7.79. The summed E-state index contributed by atoms with van der Waals surface area (Å²) < 4.78 is 5.18. The SMILES string of the molecule is CCCCCCC(=O)N[C@H](C(=O)OCc1ccccc1)C(C)O. The second-order valence-corrected chi connectivity index (χ2v) is 5.69. The lowest BCUT2D eigenvalue weighted by Crippen LogP contribution is -2.48. The smallest absolute Gasteiger partial charge is 0.331 e. The summed E-state index contributed by atoms with van der Waals surface area (Å²) in [4.78, 5) is 23.9. The third-order valence-corrected chi connectivity index (χ3v) is 3.53. The third-order valence-electron chi connectivity index (χ3n) is 3.53. The van der Waals surface area contributed by atoms with Crippen molar-refractivity contribution in [1.82, 2.24) is 5.32 Å². The van der Waals surface area contributed by atoms with Gasteiger partial charge >= 0.3 is 5.97 Å².